The summed E-state index contributed by atoms with van der Waals surface area (Å²) in [5.74, 6) is -3.55. The quantitative estimate of drug-likeness (QED) is 0.494. The third kappa shape index (κ3) is 4.40. The van der Waals surface area contributed by atoms with E-state index in [4.69, 9.17) is 9.15 Å². The number of anilines is 4. The zero-order chi connectivity index (χ0) is 24.7. The van der Waals surface area contributed by atoms with Gasteiger partial charge in [-0.05, 0) is 31.0 Å². The fourth-order valence-corrected chi connectivity index (χ4v) is 4.71. The Morgan fingerprint density at radius 2 is 2.03 bits per heavy atom. The van der Waals surface area contributed by atoms with E-state index in [0.717, 1.165) is 30.6 Å². The molecule has 10 nitrogen and oxygen atoms in total. The van der Waals surface area contributed by atoms with Gasteiger partial charge in [0, 0.05) is 34.6 Å². The predicted octanol–water partition coefficient (Wildman–Crippen LogP) is 4.40. The number of alkyl halides is 2. The molecule has 3 heterocycles. The highest BCUT2D eigenvalue weighted by Crippen LogP contribution is 2.40. The van der Waals surface area contributed by atoms with Crippen LogP contribution in [0.25, 0.3) is 11.5 Å². The van der Waals surface area contributed by atoms with Gasteiger partial charge in [0.2, 0.25) is 11.8 Å². The molecular weight excluding hydrogens is 528 g/mol. The summed E-state index contributed by atoms with van der Waals surface area (Å²) < 4.78 is 40.4. The molecule has 5 rings (SSSR count). The van der Waals surface area contributed by atoms with E-state index in [1.54, 1.807) is 23.1 Å². The summed E-state index contributed by atoms with van der Waals surface area (Å²) in [5.41, 5.74) is 1.43. The molecule has 2 aromatic heterocycles. The number of hydrogen-bond donors (Lipinski definition) is 1. The Morgan fingerprint density at radius 1 is 1.26 bits per heavy atom. The van der Waals surface area contributed by atoms with Crippen molar-refractivity contribution in [3.8, 4) is 17.2 Å². The number of fused-ring (bicyclic) bond motifs is 1. The molecule has 1 N–H and O–H groups in total. The number of methoxy groups -OCH3 is 1. The lowest BCUT2D eigenvalue weighted by molar-refractivity contribution is -0.140. The van der Waals surface area contributed by atoms with Crippen LogP contribution in [-0.4, -0.2) is 58.7 Å². The first-order valence-electron chi connectivity index (χ1n) is 11.0. The first kappa shape index (κ1) is 23.4. The van der Waals surface area contributed by atoms with Crippen LogP contribution in [-0.2, 0) is 4.79 Å². The van der Waals surface area contributed by atoms with E-state index >= 15 is 0 Å². The number of hydrogen-bond acceptors (Lipinski definition) is 9. The van der Waals surface area contributed by atoms with Crippen molar-refractivity contribution < 1.29 is 22.7 Å². The number of amides is 1. The van der Waals surface area contributed by atoms with E-state index in [1.165, 1.54) is 20.4 Å². The number of aromatic nitrogens is 4. The molecule has 0 radical (unpaired) electrons. The van der Waals surface area contributed by atoms with Gasteiger partial charge in [0.05, 0.1) is 25.5 Å². The topological polar surface area (TPSA) is 110 Å². The Bertz CT molecular complexity index is 1270. The molecule has 35 heavy (non-hydrogen) atoms. The van der Waals surface area contributed by atoms with Gasteiger partial charge in [0.1, 0.15) is 11.4 Å². The summed E-state index contributed by atoms with van der Waals surface area (Å²) in [5, 5.41) is 10.8. The predicted molar refractivity (Wildman–Crippen MR) is 127 cm³/mol. The molecule has 3 aromatic rings. The van der Waals surface area contributed by atoms with E-state index in [0.29, 0.717) is 28.7 Å². The highest BCUT2D eigenvalue weighted by Gasteiger charge is 2.48. The summed E-state index contributed by atoms with van der Waals surface area (Å²) in [6.45, 7) is -0.720. The smallest absolute Gasteiger partial charge is 0.342 e. The van der Waals surface area contributed by atoms with Crippen LogP contribution >= 0.6 is 15.9 Å². The molecule has 2 aliphatic rings. The number of carbonyl (C=O) groups excluding carboxylic acids is 1. The van der Waals surface area contributed by atoms with Crippen LogP contribution in [0.2, 0.25) is 0 Å². The van der Waals surface area contributed by atoms with Crippen LogP contribution in [0.15, 0.2) is 33.6 Å². The monoisotopic (exact) mass is 549 g/mol. The molecule has 1 amide bonds. The molecule has 0 saturated heterocycles. The summed E-state index contributed by atoms with van der Waals surface area (Å²) in [6.07, 6.45) is 4.82. The molecule has 0 unspecified atom stereocenters. The molecule has 13 heteroatoms. The van der Waals surface area contributed by atoms with Gasteiger partial charge in [-0.15, -0.1) is 10.2 Å². The van der Waals surface area contributed by atoms with E-state index < -0.39 is 18.4 Å². The normalized spacial score (nSPS) is 17.9. The average molecular weight is 550 g/mol. The van der Waals surface area contributed by atoms with Crippen LogP contribution in [0.1, 0.15) is 25.7 Å². The maximum Gasteiger partial charge on any atom is 0.342 e. The number of rotatable bonds is 5. The Balaban J connectivity index is 1.50. The van der Waals surface area contributed by atoms with Crippen LogP contribution in [0.4, 0.5) is 31.9 Å². The minimum Gasteiger partial charge on any atom is -0.495 e. The number of nitrogens with zero attached hydrogens (tertiary/aromatic N) is 6. The van der Waals surface area contributed by atoms with Crippen molar-refractivity contribution in [2.24, 2.45) is 0 Å². The maximum atomic E-state index is 14.8. The number of carbonyl (C=O) groups is 1. The van der Waals surface area contributed by atoms with Gasteiger partial charge >= 0.3 is 5.92 Å². The lowest BCUT2D eigenvalue weighted by atomic mass is 10.2. The number of halogens is 3. The molecular formula is C22H22BrF2N7O3. The minimum absolute atomic E-state index is 0.121. The number of benzene rings is 1. The molecule has 0 atom stereocenters. The molecule has 1 saturated carbocycles. The van der Waals surface area contributed by atoms with Crippen molar-refractivity contribution in [1.29, 1.82) is 0 Å². The lowest BCUT2D eigenvalue weighted by Crippen LogP contribution is -2.48. The van der Waals surface area contributed by atoms with Crippen molar-refractivity contribution in [2.45, 2.75) is 37.6 Å². The lowest BCUT2D eigenvalue weighted by Gasteiger charge is -2.31. The second kappa shape index (κ2) is 9.02. The standard InChI is InChI=1S/C22H22BrF2N7O3/c1-31-15-10-26-21(27-14-8-7-12(9-16(14)34-2)18-29-30-20(23)35-18)28-17(15)32(13-5-3-4-6-13)11-22(24,25)19(31)33/h7-10,13H,3-6,11H2,1-2H3,(H,26,27,28). The third-order valence-electron chi connectivity index (χ3n) is 6.23. The van der Waals surface area contributed by atoms with Gasteiger partial charge in [0.25, 0.3) is 10.7 Å². The van der Waals surface area contributed by atoms with E-state index in [1.807, 2.05) is 0 Å². The van der Waals surface area contributed by atoms with Gasteiger partial charge < -0.3 is 24.3 Å². The van der Waals surface area contributed by atoms with Crippen molar-refractivity contribution in [3.05, 3.63) is 29.2 Å². The zero-order valence-electron chi connectivity index (χ0n) is 19.0. The Hall–Kier alpha value is -3.35. The first-order chi connectivity index (χ1) is 16.8. The molecule has 1 fully saturated rings. The van der Waals surface area contributed by atoms with Crippen LogP contribution in [0, 0.1) is 0 Å². The number of ether oxygens (including phenoxy) is 1. The minimum atomic E-state index is -3.53. The van der Waals surface area contributed by atoms with Crippen molar-refractivity contribution in [2.75, 3.05) is 35.8 Å². The summed E-state index contributed by atoms with van der Waals surface area (Å²) in [7, 11) is 2.83. The highest BCUT2D eigenvalue weighted by atomic mass is 79.9. The molecule has 1 aromatic carbocycles. The Labute approximate surface area is 207 Å². The third-order valence-corrected chi connectivity index (χ3v) is 6.55. The van der Waals surface area contributed by atoms with E-state index in [9.17, 15) is 13.6 Å². The van der Waals surface area contributed by atoms with Gasteiger partial charge in [-0.1, -0.05) is 12.8 Å². The second-order valence-electron chi connectivity index (χ2n) is 8.44. The maximum absolute atomic E-state index is 14.8. The van der Waals surface area contributed by atoms with Gasteiger partial charge in [-0.2, -0.15) is 13.8 Å². The zero-order valence-corrected chi connectivity index (χ0v) is 20.6. The second-order valence-corrected chi connectivity index (χ2v) is 9.12. The average Bonchev–Trinajstić information content (AvgIpc) is 3.52. The van der Waals surface area contributed by atoms with Crippen molar-refractivity contribution >= 4 is 45.0 Å². The van der Waals surface area contributed by atoms with Crippen LogP contribution in [0.3, 0.4) is 0 Å². The highest BCUT2D eigenvalue weighted by molar-refractivity contribution is 9.10. The van der Waals surface area contributed by atoms with E-state index in [-0.39, 0.29) is 22.5 Å². The van der Waals surface area contributed by atoms with Crippen molar-refractivity contribution in [1.82, 2.24) is 20.2 Å². The first-order valence-corrected chi connectivity index (χ1v) is 11.8. The van der Waals surface area contributed by atoms with Gasteiger partial charge in [-0.25, -0.2) is 4.98 Å². The fraction of sp³-hybridized carbons (Fsp3) is 0.409. The molecule has 0 bridgehead atoms. The SMILES string of the molecule is COc1cc(-c2nnc(Br)o2)ccc1Nc1ncc2c(n1)N(C1CCCC1)CC(F)(F)C(=O)N2C. The summed E-state index contributed by atoms with van der Waals surface area (Å²) >= 11 is 3.13. The number of nitrogens with one attached hydrogen (secondary N) is 1. The van der Waals surface area contributed by atoms with Crippen molar-refractivity contribution in [3.63, 3.8) is 0 Å². The molecule has 1 aliphatic heterocycles. The largest absolute Gasteiger partial charge is 0.495 e. The Morgan fingerprint density at radius 3 is 2.71 bits per heavy atom. The van der Waals surface area contributed by atoms with Gasteiger partial charge in [-0.3, -0.25) is 4.79 Å². The molecule has 184 valence electrons. The van der Waals surface area contributed by atoms with E-state index in [2.05, 4.69) is 41.4 Å². The van der Waals surface area contributed by atoms with Gasteiger partial charge in [0.15, 0.2) is 5.82 Å². The molecule has 0 spiro atoms. The summed E-state index contributed by atoms with van der Waals surface area (Å²) in [6, 6.07) is 5.08. The summed E-state index contributed by atoms with van der Waals surface area (Å²) in [4.78, 5) is 24.1. The van der Waals surface area contributed by atoms with Crippen LogP contribution in [0.5, 0.6) is 5.75 Å². The fourth-order valence-electron chi connectivity index (χ4n) is 4.47. The molecule has 1 aliphatic carbocycles. The Kier molecular flexibility index (Phi) is 6.03. The van der Waals surface area contributed by atoms with Crippen LogP contribution < -0.4 is 19.9 Å².